The highest BCUT2D eigenvalue weighted by atomic mass is 32.1. The molecule has 25 heavy (non-hydrogen) atoms. The first kappa shape index (κ1) is 16.9. The summed E-state index contributed by atoms with van der Waals surface area (Å²) in [7, 11) is 0. The van der Waals surface area contributed by atoms with Gasteiger partial charge < -0.3 is 10.1 Å². The Kier molecular flexibility index (Phi) is 5.59. The molecule has 0 fully saturated rings. The van der Waals surface area contributed by atoms with Crippen molar-refractivity contribution in [2.45, 2.75) is 13.5 Å². The van der Waals surface area contributed by atoms with Crippen molar-refractivity contribution in [3.8, 4) is 11.5 Å². The molecule has 3 rings (SSSR count). The minimum Gasteiger partial charge on any atom is -0.457 e. The van der Waals surface area contributed by atoms with E-state index in [2.05, 4.69) is 10.3 Å². The molecule has 0 unspecified atom stereocenters. The number of para-hydroxylation sites is 1. The van der Waals surface area contributed by atoms with Crippen LogP contribution in [0.3, 0.4) is 0 Å². The molecule has 1 N–H and O–H groups in total. The Balaban J connectivity index is 1.55. The molecular weight excluding hydrogens is 332 g/mol. The van der Waals surface area contributed by atoms with Crippen molar-refractivity contribution in [3.05, 3.63) is 82.3 Å². The highest BCUT2D eigenvalue weighted by Gasteiger charge is 2.01. The standard InChI is InChI=1S/C20H18N2O2S/c1-15-22-17(14-25-15)10-11-20(23)21-13-16-6-5-9-19(12-16)24-18-7-3-2-4-8-18/h2-12,14H,13H2,1H3,(H,21,23)/b11-10+. The number of thiazole rings is 1. The molecular formula is C20H18N2O2S. The highest BCUT2D eigenvalue weighted by molar-refractivity contribution is 7.09. The van der Waals surface area contributed by atoms with Crippen molar-refractivity contribution in [2.24, 2.45) is 0 Å². The van der Waals surface area contributed by atoms with Gasteiger partial charge in [0.1, 0.15) is 11.5 Å². The number of amides is 1. The number of aryl methyl sites for hydroxylation is 1. The zero-order valence-corrected chi connectivity index (χ0v) is 14.6. The van der Waals surface area contributed by atoms with Gasteiger partial charge in [-0.3, -0.25) is 4.79 Å². The molecule has 1 amide bonds. The zero-order valence-electron chi connectivity index (χ0n) is 13.8. The number of hydrogen-bond acceptors (Lipinski definition) is 4. The lowest BCUT2D eigenvalue weighted by Crippen LogP contribution is -2.20. The minimum absolute atomic E-state index is 0.153. The first-order chi connectivity index (χ1) is 12.2. The van der Waals surface area contributed by atoms with Crippen LogP contribution in [0.2, 0.25) is 0 Å². The van der Waals surface area contributed by atoms with E-state index in [0.29, 0.717) is 6.54 Å². The van der Waals surface area contributed by atoms with Crippen LogP contribution in [0.1, 0.15) is 16.3 Å². The first-order valence-corrected chi connectivity index (χ1v) is 8.77. The van der Waals surface area contributed by atoms with E-state index in [4.69, 9.17) is 4.74 Å². The fraction of sp³-hybridized carbons (Fsp3) is 0.100. The molecule has 0 saturated carbocycles. The Hall–Kier alpha value is -2.92. The number of benzene rings is 2. The average Bonchev–Trinajstić information content (AvgIpc) is 3.05. The van der Waals surface area contributed by atoms with E-state index in [9.17, 15) is 4.79 Å². The van der Waals surface area contributed by atoms with Crippen LogP contribution >= 0.6 is 11.3 Å². The molecule has 0 aliphatic heterocycles. The van der Waals surface area contributed by atoms with Crippen LogP contribution in [0.25, 0.3) is 6.08 Å². The summed E-state index contributed by atoms with van der Waals surface area (Å²) in [5.74, 6) is 1.37. The summed E-state index contributed by atoms with van der Waals surface area (Å²) < 4.78 is 5.80. The van der Waals surface area contributed by atoms with Gasteiger partial charge in [-0.1, -0.05) is 30.3 Å². The maximum atomic E-state index is 11.9. The summed E-state index contributed by atoms with van der Waals surface area (Å²) in [4.78, 5) is 16.2. The quantitative estimate of drug-likeness (QED) is 0.662. The summed E-state index contributed by atoms with van der Waals surface area (Å²) >= 11 is 1.56. The number of ether oxygens (including phenoxy) is 1. The Labute approximate surface area is 150 Å². The van der Waals surface area contributed by atoms with Crippen LogP contribution in [-0.2, 0) is 11.3 Å². The second kappa shape index (κ2) is 8.26. The Morgan fingerprint density at radius 1 is 1.16 bits per heavy atom. The minimum atomic E-state index is -0.153. The Bertz CT molecular complexity index is 872. The van der Waals surface area contributed by atoms with Crippen LogP contribution in [0, 0.1) is 6.92 Å². The second-order valence-electron chi connectivity index (χ2n) is 5.41. The van der Waals surface area contributed by atoms with E-state index in [1.807, 2.05) is 66.9 Å². The molecule has 0 bridgehead atoms. The van der Waals surface area contributed by atoms with Gasteiger partial charge in [-0.2, -0.15) is 0 Å². The maximum Gasteiger partial charge on any atom is 0.244 e. The van der Waals surface area contributed by atoms with Gasteiger partial charge in [0.2, 0.25) is 5.91 Å². The van der Waals surface area contributed by atoms with Gasteiger partial charge in [-0.05, 0) is 42.8 Å². The van der Waals surface area contributed by atoms with Crippen molar-refractivity contribution in [1.29, 1.82) is 0 Å². The number of aromatic nitrogens is 1. The van der Waals surface area contributed by atoms with Gasteiger partial charge in [0.15, 0.2) is 0 Å². The normalized spacial score (nSPS) is 10.8. The fourth-order valence-corrected chi connectivity index (χ4v) is 2.79. The number of hydrogen-bond donors (Lipinski definition) is 1. The molecule has 0 radical (unpaired) electrons. The van der Waals surface area contributed by atoms with Crippen molar-refractivity contribution >= 4 is 23.3 Å². The molecule has 4 nitrogen and oxygen atoms in total. The number of rotatable bonds is 6. The summed E-state index contributed by atoms with van der Waals surface area (Å²) in [5.41, 5.74) is 1.77. The van der Waals surface area contributed by atoms with Gasteiger partial charge in [-0.25, -0.2) is 4.98 Å². The lowest BCUT2D eigenvalue weighted by Gasteiger charge is -2.08. The summed E-state index contributed by atoms with van der Waals surface area (Å²) in [6.45, 7) is 2.37. The Morgan fingerprint density at radius 2 is 1.96 bits per heavy atom. The number of nitrogens with zero attached hydrogens (tertiary/aromatic N) is 1. The van der Waals surface area contributed by atoms with Gasteiger partial charge in [0, 0.05) is 18.0 Å². The monoisotopic (exact) mass is 350 g/mol. The largest absolute Gasteiger partial charge is 0.457 e. The molecule has 0 aliphatic carbocycles. The summed E-state index contributed by atoms with van der Waals surface area (Å²) in [5, 5.41) is 5.76. The first-order valence-electron chi connectivity index (χ1n) is 7.89. The third kappa shape index (κ3) is 5.29. The van der Waals surface area contributed by atoms with Gasteiger partial charge >= 0.3 is 0 Å². The Morgan fingerprint density at radius 3 is 2.72 bits per heavy atom. The molecule has 0 saturated heterocycles. The molecule has 3 aromatic rings. The second-order valence-corrected chi connectivity index (χ2v) is 6.47. The van der Waals surface area contributed by atoms with E-state index >= 15 is 0 Å². The van der Waals surface area contributed by atoms with Crippen LogP contribution in [0.4, 0.5) is 0 Å². The molecule has 2 aromatic carbocycles. The van der Waals surface area contributed by atoms with Crippen molar-refractivity contribution < 1.29 is 9.53 Å². The smallest absolute Gasteiger partial charge is 0.244 e. The molecule has 0 atom stereocenters. The van der Waals surface area contributed by atoms with E-state index in [-0.39, 0.29) is 5.91 Å². The SMILES string of the molecule is Cc1nc(/C=C/C(=O)NCc2cccc(Oc3ccccc3)c2)cs1. The number of nitrogens with one attached hydrogen (secondary N) is 1. The van der Waals surface area contributed by atoms with E-state index < -0.39 is 0 Å². The van der Waals surface area contributed by atoms with Crippen molar-refractivity contribution in [2.75, 3.05) is 0 Å². The van der Waals surface area contributed by atoms with Crippen LogP contribution in [0.5, 0.6) is 11.5 Å². The summed E-state index contributed by atoms with van der Waals surface area (Å²) in [6, 6.07) is 17.3. The van der Waals surface area contributed by atoms with Gasteiger partial charge in [0.25, 0.3) is 0 Å². The van der Waals surface area contributed by atoms with Crippen molar-refractivity contribution in [1.82, 2.24) is 10.3 Å². The lowest BCUT2D eigenvalue weighted by atomic mass is 10.2. The molecule has 1 aromatic heterocycles. The molecule has 5 heteroatoms. The summed E-state index contributed by atoms with van der Waals surface area (Å²) in [6.07, 6.45) is 3.21. The third-order valence-corrected chi connectivity index (χ3v) is 4.18. The number of carbonyl (C=O) groups excluding carboxylic acids is 1. The number of carbonyl (C=O) groups is 1. The molecule has 0 aliphatic rings. The van der Waals surface area contributed by atoms with E-state index in [1.165, 1.54) is 6.08 Å². The lowest BCUT2D eigenvalue weighted by molar-refractivity contribution is -0.116. The fourth-order valence-electron chi connectivity index (χ4n) is 2.21. The zero-order chi connectivity index (χ0) is 17.5. The average molecular weight is 350 g/mol. The molecule has 126 valence electrons. The predicted molar refractivity (Wildman–Crippen MR) is 101 cm³/mol. The van der Waals surface area contributed by atoms with Gasteiger partial charge in [0.05, 0.1) is 10.7 Å². The molecule has 1 heterocycles. The van der Waals surface area contributed by atoms with Crippen molar-refractivity contribution in [3.63, 3.8) is 0 Å². The predicted octanol–water partition coefficient (Wildman–Crippen LogP) is 4.57. The van der Waals surface area contributed by atoms with Crippen LogP contribution in [0.15, 0.2) is 66.1 Å². The van der Waals surface area contributed by atoms with Crippen LogP contribution in [-0.4, -0.2) is 10.9 Å². The molecule has 0 spiro atoms. The van der Waals surface area contributed by atoms with Crippen LogP contribution < -0.4 is 10.1 Å². The van der Waals surface area contributed by atoms with Gasteiger partial charge in [-0.15, -0.1) is 11.3 Å². The highest BCUT2D eigenvalue weighted by Crippen LogP contribution is 2.21. The van der Waals surface area contributed by atoms with E-state index in [0.717, 1.165) is 27.8 Å². The third-order valence-electron chi connectivity index (χ3n) is 3.39. The van der Waals surface area contributed by atoms with E-state index in [1.54, 1.807) is 17.4 Å². The maximum absolute atomic E-state index is 11.9. The topological polar surface area (TPSA) is 51.2 Å².